The Hall–Kier alpha value is -0.920. The summed E-state index contributed by atoms with van der Waals surface area (Å²) < 4.78 is 27.4. The standard InChI is InChI=1S/C17H26N2O3S2/c1-13-7-8-15(23-13)24(21,22)19-11-5-6-14(12-19)16(20)18-17(2)9-3-4-10-17/h7-8,14H,3-6,9-12H2,1-2H3,(H,18,20). The fourth-order valence-corrected chi connectivity index (χ4v) is 6.69. The minimum absolute atomic E-state index is 0.0154. The van der Waals surface area contributed by atoms with E-state index in [-0.39, 0.29) is 17.4 Å². The third kappa shape index (κ3) is 3.68. The molecule has 0 bridgehead atoms. The number of hydrogen-bond acceptors (Lipinski definition) is 4. The predicted octanol–water partition coefficient (Wildman–Crippen LogP) is 2.91. The number of nitrogens with zero attached hydrogens (tertiary/aromatic N) is 1. The van der Waals surface area contributed by atoms with E-state index in [1.165, 1.54) is 15.6 Å². The van der Waals surface area contributed by atoms with Crippen LogP contribution in [-0.2, 0) is 14.8 Å². The van der Waals surface area contributed by atoms with Gasteiger partial charge in [-0.05, 0) is 51.7 Å². The average Bonchev–Trinajstić information content (AvgIpc) is 3.16. The summed E-state index contributed by atoms with van der Waals surface area (Å²) in [5.74, 6) is -0.228. The zero-order valence-corrected chi connectivity index (χ0v) is 16.0. The summed E-state index contributed by atoms with van der Waals surface area (Å²) in [6.45, 7) is 4.80. The summed E-state index contributed by atoms with van der Waals surface area (Å²) >= 11 is 1.29. The Kier molecular flexibility index (Phi) is 5.04. The van der Waals surface area contributed by atoms with Gasteiger partial charge in [0, 0.05) is 23.5 Å². The van der Waals surface area contributed by atoms with Crippen LogP contribution in [0.4, 0.5) is 0 Å². The smallest absolute Gasteiger partial charge is 0.252 e. The molecular weight excluding hydrogens is 344 g/mol. The molecule has 134 valence electrons. The Morgan fingerprint density at radius 2 is 2.00 bits per heavy atom. The van der Waals surface area contributed by atoms with Crippen LogP contribution < -0.4 is 5.32 Å². The van der Waals surface area contributed by atoms with E-state index < -0.39 is 10.0 Å². The molecule has 0 spiro atoms. The third-order valence-electron chi connectivity index (χ3n) is 5.20. The Labute approximate surface area is 148 Å². The number of rotatable bonds is 4. The van der Waals surface area contributed by atoms with Gasteiger partial charge in [0.2, 0.25) is 5.91 Å². The average molecular weight is 371 g/mol. The summed E-state index contributed by atoms with van der Waals surface area (Å²) in [6, 6.07) is 3.49. The van der Waals surface area contributed by atoms with Crippen LogP contribution in [0.1, 0.15) is 50.3 Å². The second kappa shape index (κ2) is 6.77. The quantitative estimate of drug-likeness (QED) is 0.886. The van der Waals surface area contributed by atoms with Crippen LogP contribution in [0.5, 0.6) is 0 Å². The lowest BCUT2D eigenvalue weighted by molar-refractivity contribution is -0.127. The molecule has 1 saturated heterocycles. The molecule has 1 atom stereocenters. The Balaban J connectivity index is 1.69. The highest BCUT2D eigenvalue weighted by Crippen LogP contribution is 2.31. The van der Waals surface area contributed by atoms with Gasteiger partial charge in [-0.2, -0.15) is 4.31 Å². The molecular formula is C17H26N2O3S2. The van der Waals surface area contributed by atoms with Crippen LogP contribution in [-0.4, -0.2) is 37.3 Å². The molecule has 3 rings (SSSR count). The van der Waals surface area contributed by atoms with Crippen molar-refractivity contribution in [3.63, 3.8) is 0 Å². The first-order valence-electron chi connectivity index (χ1n) is 8.69. The number of sulfonamides is 1. The molecule has 24 heavy (non-hydrogen) atoms. The summed E-state index contributed by atoms with van der Waals surface area (Å²) in [6.07, 6.45) is 5.83. The van der Waals surface area contributed by atoms with Crippen LogP contribution in [0.25, 0.3) is 0 Å². The lowest BCUT2D eigenvalue weighted by Gasteiger charge is -2.33. The molecule has 1 N–H and O–H groups in total. The predicted molar refractivity (Wildman–Crippen MR) is 95.6 cm³/mol. The highest BCUT2D eigenvalue weighted by atomic mass is 32.2. The van der Waals surface area contributed by atoms with Gasteiger partial charge in [-0.3, -0.25) is 4.79 Å². The molecule has 1 aliphatic heterocycles. The molecule has 0 radical (unpaired) electrons. The highest BCUT2D eigenvalue weighted by Gasteiger charge is 2.37. The zero-order valence-electron chi connectivity index (χ0n) is 14.4. The third-order valence-corrected chi connectivity index (χ3v) is 8.53. The van der Waals surface area contributed by atoms with E-state index in [0.717, 1.165) is 43.4 Å². The minimum atomic E-state index is -3.48. The van der Waals surface area contributed by atoms with Gasteiger partial charge in [-0.25, -0.2) is 8.42 Å². The van der Waals surface area contributed by atoms with Crippen molar-refractivity contribution in [2.45, 2.75) is 62.1 Å². The van der Waals surface area contributed by atoms with Crippen LogP contribution in [0, 0.1) is 12.8 Å². The van der Waals surface area contributed by atoms with Crippen molar-refractivity contribution < 1.29 is 13.2 Å². The first-order valence-corrected chi connectivity index (χ1v) is 10.9. The molecule has 1 unspecified atom stereocenters. The number of carbonyl (C=O) groups is 1. The second-order valence-electron chi connectivity index (χ2n) is 7.32. The molecule has 1 aliphatic carbocycles. The van der Waals surface area contributed by atoms with Crippen molar-refractivity contribution in [3.05, 3.63) is 17.0 Å². The second-order valence-corrected chi connectivity index (χ2v) is 10.8. The zero-order chi connectivity index (χ0) is 17.4. The van der Waals surface area contributed by atoms with E-state index >= 15 is 0 Å². The van der Waals surface area contributed by atoms with E-state index in [9.17, 15) is 13.2 Å². The van der Waals surface area contributed by atoms with Gasteiger partial charge in [0.25, 0.3) is 10.0 Å². The number of thiophene rings is 1. The van der Waals surface area contributed by atoms with Crippen LogP contribution >= 0.6 is 11.3 Å². The largest absolute Gasteiger partial charge is 0.351 e. The van der Waals surface area contributed by atoms with Crippen LogP contribution in [0.3, 0.4) is 0 Å². The van der Waals surface area contributed by atoms with Crippen molar-refractivity contribution in [2.75, 3.05) is 13.1 Å². The van der Waals surface area contributed by atoms with Crippen LogP contribution in [0.15, 0.2) is 16.3 Å². The lowest BCUT2D eigenvalue weighted by atomic mass is 9.95. The van der Waals surface area contributed by atoms with Gasteiger partial charge in [-0.1, -0.05) is 12.8 Å². The number of amides is 1. The SMILES string of the molecule is Cc1ccc(S(=O)(=O)N2CCCC(C(=O)NC3(C)CCCC3)C2)s1. The Morgan fingerprint density at radius 3 is 2.62 bits per heavy atom. The maximum absolute atomic E-state index is 12.8. The fraction of sp³-hybridized carbons (Fsp3) is 0.706. The van der Waals surface area contributed by atoms with Crippen molar-refractivity contribution in [1.29, 1.82) is 0 Å². The summed E-state index contributed by atoms with van der Waals surface area (Å²) in [5, 5.41) is 3.18. The van der Waals surface area contributed by atoms with E-state index in [4.69, 9.17) is 0 Å². The normalized spacial score (nSPS) is 24.8. The molecule has 1 aromatic heterocycles. The first kappa shape index (κ1) is 17.9. The topological polar surface area (TPSA) is 66.5 Å². The monoisotopic (exact) mass is 370 g/mol. The molecule has 2 aliphatic rings. The number of aryl methyl sites for hydroxylation is 1. The summed E-state index contributed by atoms with van der Waals surface area (Å²) in [7, 11) is -3.48. The molecule has 2 heterocycles. The van der Waals surface area contributed by atoms with Gasteiger partial charge in [0.1, 0.15) is 4.21 Å². The van der Waals surface area contributed by atoms with E-state index in [1.54, 1.807) is 6.07 Å². The van der Waals surface area contributed by atoms with Crippen molar-refractivity contribution in [1.82, 2.24) is 9.62 Å². The van der Waals surface area contributed by atoms with E-state index in [2.05, 4.69) is 12.2 Å². The minimum Gasteiger partial charge on any atom is -0.351 e. The van der Waals surface area contributed by atoms with Crippen molar-refractivity contribution >= 4 is 27.3 Å². The molecule has 1 saturated carbocycles. The maximum Gasteiger partial charge on any atom is 0.252 e. The fourth-order valence-electron chi connectivity index (χ4n) is 3.73. The molecule has 2 fully saturated rings. The van der Waals surface area contributed by atoms with Gasteiger partial charge in [-0.15, -0.1) is 11.3 Å². The first-order chi connectivity index (χ1) is 11.3. The molecule has 5 nitrogen and oxygen atoms in total. The number of nitrogens with one attached hydrogen (secondary N) is 1. The highest BCUT2D eigenvalue weighted by molar-refractivity contribution is 7.91. The van der Waals surface area contributed by atoms with Crippen LogP contribution in [0.2, 0.25) is 0 Å². The van der Waals surface area contributed by atoms with Gasteiger partial charge in [0.05, 0.1) is 5.92 Å². The van der Waals surface area contributed by atoms with E-state index in [0.29, 0.717) is 17.3 Å². The lowest BCUT2D eigenvalue weighted by Crippen LogP contribution is -2.50. The number of carbonyl (C=O) groups excluding carboxylic acids is 1. The summed E-state index contributed by atoms with van der Waals surface area (Å²) in [5.41, 5.74) is -0.108. The molecule has 0 aromatic carbocycles. The molecule has 7 heteroatoms. The Morgan fingerprint density at radius 1 is 1.29 bits per heavy atom. The van der Waals surface area contributed by atoms with Crippen molar-refractivity contribution in [2.24, 2.45) is 5.92 Å². The van der Waals surface area contributed by atoms with Gasteiger partial charge in [0.15, 0.2) is 0 Å². The van der Waals surface area contributed by atoms with Crippen molar-refractivity contribution in [3.8, 4) is 0 Å². The molecule has 1 amide bonds. The number of piperidine rings is 1. The Bertz CT molecular complexity index is 705. The maximum atomic E-state index is 12.8. The number of hydrogen-bond donors (Lipinski definition) is 1. The summed E-state index contributed by atoms with van der Waals surface area (Å²) in [4.78, 5) is 13.6. The van der Waals surface area contributed by atoms with Gasteiger partial charge < -0.3 is 5.32 Å². The molecule has 1 aromatic rings. The van der Waals surface area contributed by atoms with E-state index in [1.807, 2.05) is 13.0 Å². The van der Waals surface area contributed by atoms with Gasteiger partial charge >= 0.3 is 0 Å².